The highest BCUT2D eigenvalue weighted by molar-refractivity contribution is 7.04. The third kappa shape index (κ3) is 4.62. The van der Waals surface area contributed by atoms with Crippen molar-refractivity contribution in [3.8, 4) is 33.4 Å². The fraction of sp³-hybridized carbons (Fsp3) is 0.0417. The van der Waals surface area contributed by atoms with E-state index in [0.717, 1.165) is 28.2 Å². The van der Waals surface area contributed by atoms with E-state index in [-0.39, 0.29) is 0 Å². The van der Waals surface area contributed by atoms with E-state index in [1.165, 1.54) is 65.3 Å². The summed E-state index contributed by atoms with van der Waals surface area (Å²) >= 11 is 0. The fourth-order valence-electron chi connectivity index (χ4n) is 8.35. The molecular formula is C48H35NOSi. The van der Waals surface area contributed by atoms with E-state index >= 15 is 0 Å². The van der Waals surface area contributed by atoms with Crippen LogP contribution in [0.4, 0.5) is 17.1 Å². The van der Waals surface area contributed by atoms with Gasteiger partial charge in [0.25, 0.3) is 0 Å². The molecule has 2 heterocycles. The molecule has 0 aliphatic carbocycles. The normalized spacial score (nSPS) is 13.1. The van der Waals surface area contributed by atoms with Crippen molar-refractivity contribution in [2.45, 2.75) is 13.1 Å². The van der Waals surface area contributed by atoms with Crippen LogP contribution in [-0.4, -0.2) is 8.07 Å². The molecule has 8 aromatic carbocycles. The van der Waals surface area contributed by atoms with Crippen molar-refractivity contribution >= 4 is 68.2 Å². The van der Waals surface area contributed by atoms with E-state index in [1.54, 1.807) is 0 Å². The molecular weight excluding hydrogens is 635 g/mol. The van der Waals surface area contributed by atoms with E-state index in [0.29, 0.717) is 0 Å². The first-order valence-electron chi connectivity index (χ1n) is 17.7. The molecule has 0 bridgehead atoms. The Bertz CT molecular complexity index is 2770. The summed E-state index contributed by atoms with van der Waals surface area (Å²) in [5.41, 5.74) is 12.8. The average Bonchev–Trinajstić information content (AvgIpc) is 3.67. The number of nitrogens with zero attached hydrogens (tertiary/aromatic N) is 1. The molecule has 1 aliphatic rings. The molecule has 0 saturated heterocycles. The lowest BCUT2D eigenvalue weighted by Gasteiger charge is -2.29. The van der Waals surface area contributed by atoms with Crippen LogP contribution in [0.3, 0.4) is 0 Å². The van der Waals surface area contributed by atoms with Gasteiger partial charge in [-0.05, 0) is 79.8 Å². The van der Waals surface area contributed by atoms with E-state index in [1.807, 2.05) is 0 Å². The minimum Gasteiger partial charge on any atom is -0.455 e. The van der Waals surface area contributed by atoms with Gasteiger partial charge in [-0.3, -0.25) is 0 Å². The molecule has 0 unspecified atom stereocenters. The highest BCUT2D eigenvalue weighted by atomic mass is 28.3. The van der Waals surface area contributed by atoms with Crippen molar-refractivity contribution in [1.29, 1.82) is 0 Å². The van der Waals surface area contributed by atoms with Gasteiger partial charge in [0.05, 0.1) is 5.69 Å². The predicted octanol–water partition coefficient (Wildman–Crippen LogP) is 12.3. The highest BCUT2D eigenvalue weighted by Gasteiger charge is 2.40. The molecule has 0 atom stereocenters. The van der Waals surface area contributed by atoms with E-state index in [4.69, 9.17) is 4.42 Å². The Balaban J connectivity index is 1.16. The van der Waals surface area contributed by atoms with Crippen molar-refractivity contribution in [1.82, 2.24) is 0 Å². The van der Waals surface area contributed by atoms with Crippen LogP contribution in [0.25, 0.3) is 66.1 Å². The van der Waals surface area contributed by atoms with Crippen LogP contribution < -0.4 is 15.3 Å². The molecule has 51 heavy (non-hydrogen) atoms. The van der Waals surface area contributed by atoms with Crippen LogP contribution in [-0.2, 0) is 0 Å². The SMILES string of the molecule is C[Si]1(C)c2cc(N(c3ccc(-c4cccc5ccccc45)cc3)c3ccccc3-c3ccccc3)ccc2-c2c1ccc1c2oc2ccccc21. The first-order valence-corrected chi connectivity index (χ1v) is 20.7. The third-order valence-electron chi connectivity index (χ3n) is 10.9. The van der Waals surface area contributed by atoms with Crippen LogP contribution >= 0.6 is 0 Å². The molecule has 2 nitrogen and oxygen atoms in total. The quantitative estimate of drug-likeness (QED) is 0.170. The molecule has 3 heteroatoms. The predicted molar refractivity (Wildman–Crippen MR) is 219 cm³/mol. The van der Waals surface area contributed by atoms with E-state index in [2.05, 4.69) is 194 Å². The van der Waals surface area contributed by atoms with Gasteiger partial charge in [-0.1, -0.05) is 153 Å². The number of hydrogen-bond acceptors (Lipinski definition) is 2. The molecule has 0 radical (unpaired) electrons. The molecule has 242 valence electrons. The van der Waals surface area contributed by atoms with Gasteiger partial charge in [-0.15, -0.1) is 0 Å². The van der Waals surface area contributed by atoms with Gasteiger partial charge in [-0.2, -0.15) is 0 Å². The zero-order valence-electron chi connectivity index (χ0n) is 28.6. The maximum absolute atomic E-state index is 6.61. The maximum atomic E-state index is 6.61. The number of anilines is 3. The summed E-state index contributed by atoms with van der Waals surface area (Å²) in [6.45, 7) is 4.97. The summed E-state index contributed by atoms with van der Waals surface area (Å²) < 4.78 is 6.61. The lowest BCUT2D eigenvalue weighted by molar-refractivity contribution is 0.670. The minimum atomic E-state index is -2.07. The highest BCUT2D eigenvalue weighted by Crippen LogP contribution is 2.44. The van der Waals surface area contributed by atoms with Crippen LogP contribution in [0.2, 0.25) is 13.1 Å². The Morgan fingerprint density at radius 3 is 1.98 bits per heavy atom. The second-order valence-electron chi connectivity index (χ2n) is 14.1. The molecule has 0 fully saturated rings. The molecule has 1 aliphatic heterocycles. The van der Waals surface area contributed by atoms with Crippen molar-refractivity contribution in [2.24, 2.45) is 0 Å². The number of fused-ring (bicyclic) bond motifs is 8. The average molecular weight is 670 g/mol. The van der Waals surface area contributed by atoms with Crippen molar-refractivity contribution in [2.75, 3.05) is 4.90 Å². The van der Waals surface area contributed by atoms with Gasteiger partial charge in [0, 0.05) is 33.3 Å². The van der Waals surface area contributed by atoms with Crippen LogP contribution in [0.5, 0.6) is 0 Å². The van der Waals surface area contributed by atoms with Crippen molar-refractivity contribution in [3.05, 3.63) is 176 Å². The molecule has 0 spiro atoms. The Morgan fingerprint density at radius 1 is 0.451 bits per heavy atom. The summed E-state index contributed by atoms with van der Waals surface area (Å²) in [6, 6.07) is 64.0. The van der Waals surface area contributed by atoms with Crippen LogP contribution in [0.15, 0.2) is 180 Å². The first-order chi connectivity index (χ1) is 25.1. The van der Waals surface area contributed by atoms with Gasteiger partial charge in [0.1, 0.15) is 19.2 Å². The smallest absolute Gasteiger partial charge is 0.143 e. The summed E-state index contributed by atoms with van der Waals surface area (Å²) in [6.07, 6.45) is 0. The molecule has 0 N–H and O–H groups in total. The Hall–Kier alpha value is -6.16. The zero-order valence-corrected chi connectivity index (χ0v) is 29.6. The fourth-order valence-corrected chi connectivity index (χ4v) is 11.4. The third-order valence-corrected chi connectivity index (χ3v) is 14.4. The minimum absolute atomic E-state index is 0.945. The maximum Gasteiger partial charge on any atom is 0.143 e. The van der Waals surface area contributed by atoms with Crippen LogP contribution in [0, 0.1) is 0 Å². The first kappa shape index (κ1) is 29.7. The largest absolute Gasteiger partial charge is 0.455 e. The summed E-state index contributed by atoms with van der Waals surface area (Å²) in [7, 11) is -2.07. The van der Waals surface area contributed by atoms with Gasteiger partial charge in [0.2, 0.25) is 0 Å². The van der Waals surface area contributed by atoms with Crippen molar-refractivity contribution < 1.29 is 4.42 Å². The summed E-state index contributed by atoms with van der Waals surface area (Å²) in [4.78, 5) is 2.44. The van der Waals surface area contributed by atoms with E-state index in [9.17, 15) is 0 Å². The summed E-state index contributed by atoms with van der Waals surface area (Å²) in [5.74, 6) is 0. The van der Waals surface area contributed by atoms with Gasteiger partial charge in [0.15, 0.2) is 0 Å². The molecule has 0 amide bonds. The molecule has 0 saturated carbocycles. The topological polar surface area (TPSA) is 16.4 Å². The number of rotatable bonds is 5. The Labute approximate surface area is 298 Å². The van der Waals surface area contributed by atoms with Crippen molar-refractivity contribution in [3.63, 3.8) is 0 Å². The lowest BCUT2D eigenvalue weighted by Crippen LogP contribution is -2.49. The molecule has 10 rings (SSSR count). The second-order valence-corrected chi connectivity index (χ2v) is 18.4. The monoisotopic (exact) mass is 669 g/mol. The van der Waals surface area contributed by atoms with Gasteiger partial charge < -0.3 is 9.32 Å². The summed E-state index contributed by atoms with van der Waals surface area (Å²) in [5, 5.41) is 7.77. The number of para-hydroxylation sites is 2. The Morgan fingerprint density at radius 2 is 1.12 bits per heavy atom. The van der Waals surface area contributed by atoms with Crippen LogP contribution in [0.1, 0.15) is 0 Å². The molecule has 9 aromatic rings. The van der Waals surface area contributed by atoms with E-state index < -0.39 is 8.07 Å². The standard InChI is InChI=1S/C48H35NOSi/c1-51(2)45-30-29-41-40-19-9-11-22-44(40)50-48(41)47(45)42-28-27-36(31-46(42)51)49(43-21-10-8-18-39(43)33-13-4-3-5-14-33)35-25-23-34(24-26-35)38-20-12-16-32-15-6-7-17-37(32)38/h3-31H,1-2H3. The van der Waals surface area contributed by atoms with Gasteiger partial charge in [-0.25, -0.2) is 0 Å². The number of benzene rings is 8. The van der Waals surface area contributed by atoms with Gasteiger partial charge >= 0.3 is 0 Å². The number of furan rings is 1. The second kappa shape index (κ2) is 11.4. The number of hydrogen-bond donors (Lipinski definition) is 0. The Kier molecular flexibility index (Phi) is 6.67. The lowest BCUT2D eigenvalue weighted by atomic mass is 9.97. The zero-order chi connectivity index (χ0) is 34.1. The molecule has 1 aromatic heterocycles.